The van der Waals surface area contributed by atoms with Crippen LogP contribution in [0.25, 0.3) is 6.08 Å². The van der Waals surface area contributed by atoms with Gasteiger partial charge in [-0.3, -0.25) is 9.78 Å². The van der Waals surface area contributed by atoms with Crippen molar-refractivity contribution in [1.29, 1.82) is 0 Å². The van der Waals surface area contributed by atoms with E-state index in [0.29, 0.717) is 5.56 Å². The minimum absolute atomic E-state index is 0.159. The van der Waals surface area contributed by atoms with Crippen molar-refractivity contribution in [3.63, 3.8) is 0 Å². The number of nitrogens with zero attached hydrogens (tertiary/aromatic N) is 1. The fourth-order valence-corrected chi connectivity index (χ4v) is 1.01. The molecule has 0 aromatic carbocycles. The van der Waals surface area contributed by atoms with Gasteiger partial charge in [0.25, 0.3) is 0 Å². The standard InChI is InChI=1S/C10H9NO4/c12-9(13)6-8(10(14)15)5-7-1-3-11-4-2-7/h1-5H,6H2,(H,12,13)(H,14,15)/b8-5+. The molecule has 1 rings (SSSR count). The molecule has 78 valence electrons. The quantitative estimate of drug-likeness (QED) is 0.720. The zero-order valence-electron chi connectivity index (χ0n) is 7.75. The topological polar surface area (TPSA) is 87.5 Å². The van der Waals surface area contributed by atoms with Gasteiger partial charge in [0.1, 0.15) is 0 Å². The maximum absolute atomic E-state index is 10.7. The van der Waals surface area contributed by atoms with E-state index in [0.717, 1.165) is 0 Å². The van der Waals surface area contributed by atoms with Gasteiger partial charge in [-0.2, -0.15) is 0 Å². The van der Waals surface area contributed by atoms with Crippen LogP contribution in [0.4, 0.5) is 0 Å². The zero-order valence-corrected chi connectivity index (χ0v) is 7.75. The third-order valence-electron chi connectivity index (χ3n) is 1.66. The maximum atomic E-state index is 10.7. The van der Waals surface area contributed by atoms with Crippen LogP contribution in [0.3, 0.4) is 0 Å². The normalized spacial score (nSPS) is 11.1. The van der Waals surface area contributed by atoms with Crippen molar-refractivity contribution in [2.24, 2.45) is 0 Å². The maximum Gasteiger partial charge on any atom is 0.332 e. The molecule has 0 amide bonds. The molecular weight excluding hydrogens is 198 g/mol. The monoisotopic (exact) mass is 207 g/mol. The number of aliphatic carboxylic acids is 2. The molecular formula is C10H9NO4. The molecule has 0 spiro atoms. The summed E-state index contributed by atoms with van der Waals surface area (Å²) in [5, 5.41) is 17.2. The minimum atomic E-state index is -1.23. The summed E-state index contributed by atoms with van der Waals surface area (Å²) >= 11 is 0. The summed E-state index contributed by atoms with van der Waals surface area (Å²) in [6.07, 6.45) is 3.83. The lowest BCUT2D eigenvalue weighted by molar-refractivity contribution is -0.139. The lowest BCUT2D eigenvalue weighted by Crippen LogP contribution is -2.06. The van der Waals surface area contributed by atoms with E-state index in [9.17, 15) is 9.59 Å². The fraction of sp³-hybridized carbons (Fsp3) is 0.100. The Kier molecular flexibility index (Phi) is 3.56. The summed E-state index contributed by atoms with van der Waals surface area (Å²) in [7, 11) is 0. The van der Waals surface area contributed by atoms with E-state index in [1.165, 1.54) is 18.5 Å². The van der Waals surface area contributed by atoms with Gasteiger partial charge in [0.05, 0.1) is 6.42 Å². The van der Waals surface area contributed by atoms with Crippen LogP contribution in [0.2, 0.25) is 0 Å². The number of aromatic nitrogens is 1. The Morgan fingerprint density at radius 2 is 1.87 bits per heavy atom. The van der Waals surface area contributed by atoms with Crippen molar-refractivity contribution in [3.8, 4) is 0 Å². The van der Waals surface area contributed by atoms with E-state index in [4.69, 9.17) is 10.2 Å². The van der Waals surface area contributed by atoms with Gasteiger partial charge in [-0.05, 0) is 23.8 Å². The second kappa shape index (κ2) is 4.90. The molecule has 0 fully saturated rings. The average molecular weight is 207 g/mol. The van der Waals surface area contributed by atoms with E-state index >= 15 is 0 Å². The van der Waals surface area contributed by atoms with E-state index < -0.39 is 18.4 Å². The van der Waals surface area contributed by atoms with Crippen molar-refractivity contribution < 1.29 is 19.8 Å². The first-order chi connectivity index (χ1) is 7.09. The first-order valence-electron chi connectivity index (χ1n) is 4.15. The largest absolute Gasteiger partial charge is 0.481 e. The van der Waals surface area contributed by atoms with E-state index in [1.54, 1.807) is 12.1 Å². The van der Waals surface area contributed by atoms with Crippen LogP contribution in [-0.2, 0) is 9.59 Å². The number of carbonyl (C=O) groups is 2. The number of carboxylic acid groups (broad SMARTS) is 2. The highest BCUT2D eigenvalue weighted by Crippen LogP contribution is 2.09. The van der Waals surface area contributed by atoms with Crippen molar-refractivity contribution >= 4 is 18.0 Å². The van der Waals surface area contributed by atoms with Gasteiger partial charge in [0.15, 0.2) is 0 Å². The predicted molar refractivity (Wildman–Crippen MR) is 52.1 cm³/mol. The van der Waals surface area contributed by atoms with E-state index in [1.807, 2.05) is 0 Å². The zero-order chi connectivity index (χ0) is 11.3. The van der Waals surface area contributed by atoms with Crippen molar-refractivity contribution in [3.05, 3.63) is 35.7 Å². The number of carboxylic acids is 2. The second-order valence-electron chi connectivity index (χ2n) is 2.83. The number of pyridine rings is 1. The van der Waals surface area contributed by atoms with Crippen LogP contribution in [0, 0.1) is 0 Å². The van der Waals surface area contributed by atoms with Crippen LogP contribution in [0.5, 0.6) is 0 Å². The molecule has 5 heteroatoms. The summed E-state index contributed by atoms with van der Waals surface area (Å²) in [5.74, 6) is -2.40. The van der Waals surface area contributed by atoms with Gasteiger partial charge < -0.3 is 10.2 Å². The molecule has 0 radical (unpaired) electrons. The van der Waals surface area contributed by atoms with Crippen molar-refractivity contribution in [2.45, 2.75) is 6.42 Å². The molecule has 5 nitrogen and oxygen atoms in total. The summed E-state index contributed by atoms with van der Waals surface area (Å²) < 4.78 is 0. The van der Waals surface area contributed by atoms with Gasteiger partial charge >= 0.3 is 11.9 Å². The summed E-state index contributed by atoms with van der Waals surface area (Å²) in [6.45, 7) is 0. The molecule has 2 N–H and O–H groups in total. The molecule has 15 heavy (non-hydrogen) atoms. The predicted octanol–water partition coefficient (Wildman–Crippen LogP) is 1.02. The van der Waals surface area contributed by atoms with Crippen LogP contribution in [0.1, 0.15) is 12.0 Å². The second-order valence-corrected chi connectivity index (χ2v) is 2.83. The Morgan fingerprint density at radius 1 is 1.27 bits per heavy atom. The Bertz CT molecular complexity index is 397. The lowest BCUT2D eigenvalue weighted by atomic mass is 10.1. The number of hydrogen-bond acceptors (Lipinski definition) is 3. The molecule has 0 unspecified atom stereocenters. The number of hydrogen-bond donors (Lipinski definition) is 2. The Hall–Kier alpha value is -2.17. The molecule has 0 aliphatic rings. The van der Waals surface area contributed by atoms with Crippen molar-refractivity contribution in [2.75, 3.05) is 0 Å². The van der Waals surface area contributed by atoms with Crippen LogP contribution in [-0.4, -0.2) is 27.1 Å². The van der Waals surface area contributed by atoms with Gasteiger partial charge in [0.2, 0.25) is 0 Å². The highest BCUT2D eigenvalue weighted by atomic mass is 16.4. The number of rotatable bonds is 4. The Morgan fingerprint density at radius 3 is 2.33 bits per heavy atom. The van der Waals surface area contributed by atoms with Crippen LogP contribution >= 0.6 is 0 Å². The highest BCUT2D eigenvalue weighted by molar-refractivity contribution is 5.96. The molecule has 0 saturated carbocycles. The molecule has 0 aliphatic heterocycles. The molecule has 0 atom stereocenters. The van der Waals surface area contributed by atoms with Crippen LogP contribution in [0.15, 0.2) is 30.1 Å². The summed E-state index contributed by atoms with van der Waals surface area (Å²) in [6, 6.07) is 3.20. The minimum Gasteiger partial charge on any atom is -0.481 e. The average Bonchev–Trinajstić information content (AvgIpc) is 2.17. The Labute approximate surface area is 85.7 Å². The molecule has 1 aromatic rings. The van der Waals surface area contributed by atoms with E-state index in [-0.39, 0.29) is 5.57 Å². The first kappa shape index (κ1) is 10.9. The fourth-order valence-electron chi connectivity index (χ4n) is 1.01. The lowest BCUT2D eigenvalue weighted by Gasteiger charge is -1.98. The smallest absolute Gasteiger partial charge is 0.332 e. The Balaban J connectivity index is 2.94. The highest BCUT2D eigenvalue weighted by Gasteiger charge is 2.11. The molecule has 0 saturated heterocycles. The molecule has 1 heterocycles. The van der Waals surface area contributed by atoms with Gasteiger partial charge in [0, 0.05) is 18.0 Å². The van der Waals surface area contributed by atoms with Crippen molar-refractivity contribution in [1.82, 2.24) is 4.98 Å². The summed E-state index contributed by atoms with van der Waals surface area (Å²) in [4.78, 5) is 24.8. The van der Waals surface area contributed by atoms with Gasteiger partial charge in [-0.15, -0.1) is 0 Å². The third-order valence-corrected chi connectivity index (χ3v) is 1.66. The first-order valence-corrected chi connectivity index (χ1v) is 4.15. The van der Waals surface area contributed by atoms with Gasteiger partial charge in [-0.25, -0.2) is 4.79 Å². The SMILES string of the molecule is O=C(O)C/C(=C\c1ccncc1)C(=O)O. The molecule has 1 aromatic heterocycles. The summed E-state index contributed by atoms with van der Waals surface area (Å²) in [5.41, 5.74) is 0.456. The van der Waals surface area contributed by atoms with Gasteiger partial charge in [-0.1, -0.05) is 0 Å². The third kappa shape index (κ3) is 3.60. The van der Waals surface area contributed by atoms with Crippen LogP contribution < -0.4 is 0 Å². The molecule has 0 bridgehead atoms. The van der Waals surface area contributed by atoms with E-state index in [2.05, 4.69) is 4.98 Å². The molecule has 0 aliphatic carbocycles.